The molecule has 0 rings (SSSR count). The standard InChI is InChI=1S/C7H12O2S/c1-2-3-4-6(10)5-7(8)9/h2,6,10H,1,3-5H2,(H,8,9). The van der Waals surface area contributed by atoms with Crippen LogP contribution in [0.4, 0.5) is 0 Å². The first-order chi connectivity index (χ1) is 4.66. The largest absolute Gasteiger partial charge is 0.481 e. The Morgan fingerprint density at radius 3 is 2.80 bits per heavy atom. The van der Waals surface area contributed by atoms with Crippen molar-refractivity contribution in [3.05, 3.63) is 12.7 Å². The zero-order chi connectivity index (χ0) is 7.98. The van der Waals surface area contributed by atoms with Crippen LogP contribution in [0.15, 0.2) is 12.7 Å². The maximum atomic E-state index is 10.1. The van der Waals surface area contributed by atoms with Crippen molar-refractivity contribution < 1.29 is 9.90 Å². The van der Waals surface area contributed by atoms with Gasteiger partial charge in [-0.15, -0.1) is 6.58 Å². The monoisotopic (exact) mass is 160 g/mol. The smallest absolute Gasteiger partial charge is 0.304 e. The van der Waals surface area contributed by atoms with Gasteiger partial charge >= 0.3 is 5.97 Å². The number of aliphatic carboxylic acids is 1. The van der Waals surface area contributed by atoms with Gasteiger partial charge in [0.2, 0.25) is 0 Å². The van der Waals surface area contributed by atoms with E-state index in [1.165, 1.54) is 0 Å². The topological polar surface area (TPSA) is 37.3 Å². The summed E-state index contributed by atoms with van der Waals surface area (Å²) in [5.41, 5.74) is 0. The summed E-state index contributed by atoms with van der Waals surface area (Å²) in [6.07, 6.45) is 3.53. The van der Waals surface area contributed by atoms with Gasteiger partial charge in [-0.2, -0.15) is 12.6 Å². The molecule has 0 fully saturated rings. The van der Waals surface area contributed by atoms with Crippen LogP contribution in [-0.2, 0) is 4.79 Å². The molecule has 58 valence electrons. The fraction of sp³-hybridized carbons (Fsp3) is 0.571. The molecule has 0 aliphatic heterocycles. The number of carboxylic acid groups (broad SMARTS) is 1. The molecule has 0 amide bonds. The average molecular weight is 160 g/mol. The van der Waals surface area contributed by atoms with Crippen molar-refractivity contribution >= 4 is 18.6 Å². The molecule has 0 radical (unpaired) electrons. The third kappa shape index (κ3) is 5.69. The highest BCUT2D eigenvalue weighted by molar-refractivity contribution is 7.81. The molecule has 1 unspecified atom stereocenters. The van der Waals surface area contributed by atoms with Crippen molar-refractivity contribution in [3.63, 3.8) is 0 Å². The lowest BCUT2D eigenvalue weighted by molar-refractivity contribution is -0.136. The zero-order valence-electron chi connectivity index (χ0n) is 5.79. The molecule has 10 heavy (non-hydrogen) atoms. The van der Waals surface area contributed by atoms with E-state index in [-0.39, 0.29) is 11.7 Å². The Labute approximate surface area is 66.4 Å². The van der Waals surface area contributed by atoms with Crippen molar-refractivity contribution in [1.29, 1.82) is 0 Å². The molecule has 0 bridgehead atoms. The average Bonchev–Trinajstić information content (AvgIpc) is 1.82. The Kier molecular flexibility index (Phi) is 5.12. The lowest BCUT2D eigenvalue weighted by atomic mass is 10.2. The van der Waals surface area contributed by atoms with Crippen LogP contribution in [0, 0.1) is 0 Å². The van der Waals surface area contributed by atoms with Gasteiger partial charge in [-0.1, -0.05) is 6.08 Å². The molecule has 0 saturated heterocycles. The maximum absolute atomic E-state index is 10.1. The highest BCUT2D eigenvalue weighted by Crippen LogP contribution is 2.08. The number of carbonyl (C=O) groups is 1. The van der Waals surface area contributed by atoms with Crippen LogP contribution in [0.1, 0.15) is 19.3 Å². The number of rotatable bonds is 5. The van der Waals surface area contributed by atoms with Gasteiger partial charge in [0.15, 0.2) is 0 Å². The third-order valence-corrected chi connectivity index (χ3v) is 1.56. The lowest BCUT2D eigenvalue weighted by Crippen LogP contribution is -2.06. The van der Waals surface area contributed by atoms with Crippen LogP contribution in [0.5, 0.6) is 0 Å². The first-order valence-corrected chi connectivity index (χ1v) is 3.69. The summed E-state index contributed by atoms with van der Waals surface area (Å²) in [6.45, 7) is 3.53. The van der Waals surface area contributed by atoms with Gasteiger partial charge in [-0.3, -0.25) is 4.79 Å². The van der Waals surface area contributed by atoms with Crippen LogP contribution in [0.25, 0.3) is 0 Å². The fourth-order valence-corrected chi connectivity index (χ4v) is 0.919. The van der Waals surface area contributed by atoms with Crippen LogP contribution < -0.4 is 0 Å². The second kappa shape index (κ2) is 5.35. The van der Waals surface area contributed by atoms with Gasteiger partial charge in [0.05, 0.1) is 6.42 Å². The lowest BCUT2D eigenvalue weighted by Gasteiger charge is -2.03. The van der Waals surface area contributed by atoms with E-state index in [1.54, 1.807) is 6.08 Å². The molecule has 0 aliphatic rings. The van der Waals surface area contributed by atoms with Gasteiger partial charge in [0, 0.05) is 5.25 Å². The molecular weight excluding hydrogens is 148 g/mol. The summed E-state index contributed by atoms with van der Waals surface area (Å²) in [6, 6.07) is 0. The molecule has 1 atom stereocenters. The van der Waals surface area contributed by atoms with E-state index in [9.17, 15) is 4.79 Å². The van der Waals surface area contributed by atoms with E-state index >= 15 is 0 Å². The molecule has 0 spiro atoms. The number of hydrogen-bond donors (Lipinski definition) is 2. The van der Waals surface area contributed by atoms with Crippen LogP contribution >= 0.6 is 12.6 Å². The minimum atomic E-state index is -0.788. The van der Waals surface area contributed by atoms with Gasteiger partial charge in [-0.05, 0) is 12.8 Å². The van der Waals surface area contributed by atoms with Gasteiger partial charge < -0.3 is 5.11 Å². The maximum Gasteiger partial charge on any atom is 0.304 e. The predicted octanol–water partition coefficient (Wildman–Crippen LogP) is 1.73. The second-order valence-corrected chi connectivity index (χ2v) is 2.85. The molecule has 1 N–H and O–H groups in total. The Morgan fingerprint density at radius 1 is 1.80 bits per heavy atom. The van der Waals surface area contributed by atoms with Gasteiger partial charge in [0.1, 0.15) is 0 Å². The molecule has 0 aliphatic carbocycles. The van der Waals surface area contributed by atoms with Crippen molar-refractivity contribution in [2.45, 2.75) is 24.5 Å². The first kappa shape index (κ1) is 9.56. The summed E-state index contributed by atoms with van der Waals surface area (Å²) in [7, 11) is 0. The molecule has 0 heterocycles. The van der Waals surface area contributed by atoms with Crippen LogP contribution in [0.2, 0.25) is 0 Å². The fourth-order valence-electron chi connectivity index (χ4n) is 0.614. The highest BCUT2D eigenvalue weighted by atomic mass is 32.1. The van der Waals surface area contributed by atoms with E-state index in [0.717, 1.165) is 12.8 Å². The van der Waals surface area contributed by atoms with Crippen molar-refractivity contribution in [3.8, 4) is 0 Å². The SMILES string of the molecule is C=CCCC(S)CC(=O)O. The zero-order valence-corrected chi connectivity index (χ0v) is 6.68. The summed E-state index contributed by atoms with van der Waals surface area (Å²) >= 11 is 4.07. The van der Waals surface area contributed by atoms with Gasteiger partial charge in [0.25, 0.3) is 0 Å². The van der Waals surface area contributed by atoms with Crippen LogP contribution in [-0.4, -0.2) is 16.3 Å². The van der Waals surface area contributed by atoms with Crippen molar-refractivity contribution in [1.82, 2.24) is 0 Å². The summed E-state index contributed by atoms with van der Waals surface area (Å²) in [4.78, 5) is 10.1. The molecular formula is C7H12O2S. The van der Waals surface area contributed by atoms with E-state index in [4.69, 9.17) is 5.11 Å². The molecule has 0 aromatic heterocycles. The van der Waals surface area contributed by atoms with E-state index in [1.807, 2.05) is 0 Å². The minimum absolute atomic E-state index is 0.0319. The first-order valence-electron chi connectivity index (χ1n) is 3.17. The Morgan fingerprint density at radius 2 is 2.40 bits per heavy atom. The summed E-state index contributed by atoms with van der Waals surface area (Å²) < 4.78 is 0. The molecule has 2 nitrogen and oxygen atoms in total. The third-order valence-electron chi connectivity index (χ3n) is 1.11. The van der Waals surface area contributed by atoms with Crippen LogP contribution in [0.3, 0.4) is 0 Å². The van der Waals surface area contributed by atoms with E-state index in [2.05, 4.69) is 19.2 Å². The number of allylic oxidation sites excluding steroid dienone is 1. The molecule has 0 saturated carbocycles. The summed E-state index contributed by atoms with van der Waals surface area (Å²) in [5, 5.41) is 8.28. The second-order valence-electron chi connectivity index (χ2n) is 2.12. The van der Waals surface area contributed by atoms with Crippen molar-refractivity contribution in [2.75, 3.05) is 0 Å². The molecule has 0 aromatic rings. The van der Waals surface area contributed by atoms with Crippen molar-refractivity contribution in [2.24, 2.45) is 0 Å². The number of thiol groups is 1. The minimum Gasteiger partial charge on any atom is -0.481 e. The van der Waals surface area contributed by atoms with Gasteiger partial charge in [-0.25, -0.2) is 0 Å². The Hall–Kier alpha value is -0.440. The Balaban J connectivity index is 3.33. The molecule has 0 aromatic carbocycles. The highest BCUT2D eigenvalue weighted by Gasteiger charge is 2.06. The Bertz CT molecular complexity index is 123. The quantitative estimate of drug-likeness (QED) is 0.474. The summed E-state index contributed by atoms with van der Waals surface area (Å²) in [5.74, 6) is -0.788. The number of hydrogen-bond acceptors (Lipinski definition) is 2. The van der Waals surface area contributed by atoms with E-state index in [0.29, 0.717) is 0 Å². The molecule has 3 heteroatoms. The van der Waals surface area contributed by atoms with E-state index < -0.39 is 5.97 Å². The predicted molar refractivity (Wildman–Crippen MR) is 44.5 cm³/mol. The number of carboxylic acids is 1. The normalized spacial score (nSPS) is 12.5.